The number of hydrogen-bond acceptors (Lipinski definition) is 1. The molecule has 0 unspecified atom stereocenters. The Balaban J connectivity index is 0.00000161. The van der Waals surface area contributed by atoms with E-state index in [0.29, 0.717) is 0 Å². The summed E-state index contributed by atoms with van der Waals surface area (Å²) >= 11 is 0.194. The molecule has 21 heavy (non-hydrogen) atoms. The quantitative estimate of drug-likeness (QED) is 0.507. The molecule has 1 fully saturated rings. The molecule has 110 valence electrons. The van der Waals surface area contributed by atoms with Crippen molar-refractivity contribution in [1.82, 2.24) is 0 Å². The van der Waals surface area contributed by atoms with Crippen LogP contribution >= 0.6 is 0 Å². The largest absolute Gasteiger partial charge is 1.00 e. The standard InChI is InChI=1S/C17H19N2S.ClH/c1-3-9-15(10-4-1)17(19-20-13-7-8-14-20)18-16-11-5-2-6-12-16;/h1-6,9-12H,7-8,13-14H2,(H,18,19);1H/q+1;/p-1. The number of nitrogens with one attached hydrogen (secondary N) is 1. The topological polar surface area (TPSA) is 24.4 Å². The minimum atomic E-state index is 0. The summed E-state index contributed by atoms with van der Waals surface area (Å²) < 4.78 is 4.97. The van der Waals surface area contributed by atoms with Gasteiger partial charge in [-0.2, -0.15) is 0 Å². The fraction of sp³-hybridized carbons (Fsp3) is 0.235. The van der Waals surface area contributed by atoms with Gasteiger partial charge in [0.1, 0.15) is 22.6 Å². The van der Waals surface area contributed by atoms with Crippen LogP contribution in [0.3, 0.4) is 0 Å². The van der Waals surface area contributed by atoms with E-state index < -0.39 is 0 Å². The number of rotatable bonds is 3. The van der Waals surface area contributed by atoms with Gasteiger partial charge in [0.05, 0.1) is 0 Å². The fourth-order valence-corrected chi connectivity index (χ4v) is 4.13. The number of anilines is 1. The Morgan fingerprint density at radius 2 is 1.43 bits per heavy atom. The van der Waals surface area contributed by atoms with Crippen LogP contribution in [-0.2, 0) is 11.1 Å². The van der Waals surface area contributed by atoms with Gasteiger partial charge in [-0.1, -0.05) is 48.5 Å². The molecule has 2 nitrogen and oxygen atoms in total. The smallest absolute Gasteiger partial charge is 0.188 e. The molecule has 2 aromatic rings. The van der Waals surface area contributed by atoms with Gasteiger partial charge in [0, 0.05) is 11.3 Å². The summed E-state index contributed by atoms with van der Waals surface area (Å²) in [5.41, 5.74) is 2.26. The van der Waals surface area contributed by atoms with E-state index in [0.717, 1.165) is 17.1 Å². The monoisotopic (exact) mass is 318 g/mol. The van der Waals surface area contributed by atoms with Crippen LogP contribution < -0.4 is 17.7 Å². The molecule has 0 amide bonds. The predicted octanol–water partition coefficient (Wildman–Crippen LogP) is 0.876. The zero-order chi connectivity index (χ0) is 13.6. The normalized spacial score (nSPS) is 15.5. The van der Waals surface area contributed by atoms with Gasteiger partial charge in [-0.15, -0.1) is 0 Å². The van der Waals surface area contributed by atoms with Gasteiger partial charge < -0.3 is 17.7 Å². The molecule has 2 aromatic carbocycles. The van der Waals surface area contributed by atoms with Gasteiger partial charge in [0.2, 0.25) is 0 Å². The molecular weight excluding hydrogens is 300 g/mol. The third-order valence-corrected chi connectivity index (χ3v) is 5.27. The SMILES string of the molecule is [Cl-].c1ccc(N/C(=N/[S+]2CCCC2)c2ccccc2)cc1. The molecule has 0 aliphatic carbocycles. The average Bonchev–Trinajstić information content (AvgIpc) is 3.02. The lowest BCUT2D eigenvalue weighted by atomic mass is 10.2. The number of nitrogens with zero attached hydrogens (tertiary/aromatic N) is 1. The maximum Gasteiger partial charge on any atom is 0.188 e. The van der Waals surface area contributed by atoms with Crippen LogP contribution in [0, 0.1) is 0 Å². The molecule has 1 aliphatic heterocycles. The van der Waals surface area contributed by atoms with Crippen molar-refractivity contribution in [3.63, 3.8) is 0 Å². The Hall–Kier alpha value is -1.45. The summed E-state index contributed by atoms with van der Waals surface area (Å²) in [7, 11) is 0. The van der Waals surface area contributed by atoms with Crippen molar-refractivity contribution in [1.29, 1.82) is 0 Å². The van der Waals surface area contributed by atoms with Crippen molar-refractivity contribution in [2.24, 2.45) is 4.40 Å². The summed E-state index contributed by atoms with van der Waals surface area (Å²) in [6.45, 7) is 0. The maximum atomic E-state index is 4.97. The molecule has 1 N–H and O–H groups in total. The molecular formula is C17H19ClN2S. The minimum absolute atomic E-state index is 0. The van der Waals surface area contributed by atoms with Crippen molar-refractivity contribution in [3.8, 4) is 0 Å². The second-order valence-electron chi connectivity index (χ2n) is 4.87. The number of para-hydroxylation sites is 1. The molecule has 0 saturated carbocycles. The van der Waals surface area contributed by atoms with Crippen LogP contribution in [0.4, 0.5) is 5.69 Å². The van der Waals surface area contributed by atoms with Gasteiger partial charge in [-0.25, -0.2) is 0 Å². The van der Waals surface area contributed by atoms with E-state index in [1.165, 1.54) is 24.3 Å². The zero-order valence-corrected chi connectivity index (χ0v) is 13.4. The fourth-order valence-electron chi connectivity index (χ4n) is 2.26. The second kappa shape index (κ2) is 8.11. The summed E-state index contributed by atoms with van der Waals surface area (Å²) in [4.78, 5) is 0. The van der Waals surface area contributed by atoms with Crippen LogP contribution in [0.25, 0.3) is 0 Å². The summed E-state index contributed by atoms with van der Waals surface area (Å²) in [6.07, 6.45) is 2.64. The van der Waals surface area contributed by atoms with E-state index in [2.05, 4.69) is 41.7 Å². The highest BCUT2D eigenvalue weighted by Gasteiger charge is 2.25. The molecule has 0 radical (unpaired) electrons. The predicted molar refractivity (Wildman–Crippen MR) is 89.4 cm³/mol. The highest BCUT2D eigenvalue weighted by molar-refractivity contribution is 7.96. The lowest BCUT2D eigenvalue weighted by Crippen LogP contribution is -3.00. The van der Waals surface area contributed by atoms with Crippen LogP contribution in [0.15, 0.2) is 65.1 Å². The molecule has 0 atom stereocenters. The first-order chi connectivity index (χ1) is 9.92. The molecule has 0 bridgehead atoms. The molecule has 1 saturated heterocycles. The molecule has 3 rings (SSSR count). The van der Waals surface area contributed by atoms with Crippen molar-refractivity contribution < 1.29 is 12.4 Å². The van der Waals surface area contributed by atoms with Crippen LogP contribution in [0.5, 0.6) is 0 Å². The Bertz CT molecular complexity index is 566. The molecule has 0 aromatic heterocycles. The van der Waals surface area contributed by atoms with Crippen LogP contribution in [-0.4, -0.2) is 17.3 Å². The van der Waals surface area contributed by atoms with E-state index in [-0.39, 0.29) is 23.5 Å². The third-order valence-electron chi connectivity index (χ3n) is 3.31. The van der Waals surface area contributed by atoms with Crippen molar-refractivity contribution >= 4 is 22.6 Å². The number of amidine groups is 1. The van der Waals surface area contributed by atoms with Gasteiger partial charge in [0.25, 0.3) is 0 Å². The van der Waals surface area contributed by atoms with E-state index >= 15 is 0 Å². The Morgan fingerprint density at radius 3 is 2.05 bits per heavy atom. The average molecular weight is 319 g/mol. The zero-order valence-electron chi connectivity index (χ0n) is 11.8. The van der Waals surface area contributed by atoms with E-state index in [1.54, 1.807) is 0 Å². The first kappa shape index (κ1) is 15.9. The number of benzene rings is 2. The Kier molecular flexibility index (Phi) is 6.15. The summed E-state index contributed by atoms with van der Waals surface area (Å²) in [5, 5.41) is 3.48. The highest BCUT2D eigenvalue weighted by atomic mass is 35.5. The van der Waals surface area contributed by atoms with E-state index in [1.807, 2.05) is 24.3 Å². The third kappa shape index (κ3) is 4.51. The van der Waals surface area contributed by atoms with Gasteiger partial charge in [0.15, 0.2) is 5.84 Å². The summed E-state index contributed by atoms with van der Waals surface area (Å²) in [6, 6.07) is 20.7. The molecule has 1 heterocycles. The number of hydrogen-bond donors (Lipinski definition) is 1. The van der Waals surface area contributed by atoms with Crippen molar-refractivity contribution in [2.75, 3.05) is 16.8 Å². The van der Waals surface area contributed by atoms with E-state index in [9.17, 15) is 0 Å². The van der Waals surface area contributed by atoms with Gasteiger partial charge in [-0.3, -0.25) is 0 Å². The lowest BCUT2D eigenvalue weighted by molar-refractivity contribution is -0.00000403. The molecule has 0 spiro atoms. The van der Waals surface area contributed by atoms with Crippen LogP contribution in [0.1, 0.15) is 18.4 Å². The Morgan fingerprint density at radius 1 is 0.857 bits per heavy atom. The van der Waals surface area contributed by atoms with Crippen molar-refractivity contribution in [3.05, 3.63) is 66.2 Å². The number of halogens is 1. The maximum absolute atomic E-state index is 4.97. The minimum Gasteiger partial charge on any atom is -1.00 e. The van der Waals surface area contributed by atoms with Gasteiger partial charge in [-0.05, 0) is 29.4 Å². The molecule has 4 heteroatoms. The highest BCUT2D eigenvalue weighted by Crippen LogP contribution is 2.17. The van der Waals surface area contributed by atoms with E-state index in [4.69, 9.17) is 4.40 Å². The first-order valence-corrected chi connectivity index (χ1v) is 8.57. The lowest BCUT2D eigenvalue weighted by Gasteiger charge is -2.08. The molecule has 1 aliphatic rings. The Labute approximate surface area is 135 Å². The first-order valence-electron chi connectivity index (χ1n) is 7.05. The summed E-state index contributed by atoms with van der Waals surface area (Å²) in [5.74, 6) is 3.49. The van der Waals surface area contributed by atoms with Gasteiger partial charge >= 0.3 is 0 Å². The van der Waals surface area contributed by atoms with Crippen molar-refractivity contribution in [2.45, 2.75) is 12.8 Å². The second-order valence-corrected chi connectivity index (χ2v) is 6.80. The van der Waals surface area contributed by atoms with Crippen LogP contribution in [0.2, 0.25) is 0 Å².